The highest BCUT2D eigenvalue weighted by Gasteiger charge is 2.37. The predicted octanol–water partition coefficient (Wildman–Crippen LogP) is 4.33. The summed E-state index contributed by atoms with van der Waals surface area (Å²) >= 11 is 0. The molecule has 1 amide bonds. The molecule has 1 fully saturated rings. The summed E-state index contributed by atoms with van der Waals surface area (Å²) in [5, 5.41) is 15.0. The number of aromatic amines is 1. The van der Waals surface area contributed by atoms with Crippen LogP contribution in [0.5, 0.6) is 0 Å². The number of nitrogen functional groups attached to an aromatic ring is 1. The van der Waals surface area contributed by atoms with Crippen LogP contribution in [0.2, 0.25) is 0 Å². The van der Waals surface area contributed by atoms with Gasteiger partial charge in [0.2, 0.25) is 5.91 Å². The number of amides is 1. The molecule has 1 atom stereocenters. The van der Waals surface area contributed by atoms with E-state index in [2.05, 4.69) is 25.6 Å². The summed E-state index contributed by atoms with van der Waals surface area (Å²) in [6, 6.07) is 11.5. The molecule has 1 aliphatic carbocycles. The van der Waals surface area contributed by atoms with Crippen LogP contribution in [0.1, 0.15) is 47.9 Å². The number of pyridine rings is 2. The summed E-state index contributed by atoms with van der Waals surface area (Å²) in [5.74, 6) is -0.162. The Morgan fingerprint density at radius 1 is 1.13 bits per heavy atom. The van der Waals surface area contributed by atoms with Gasteiger partial charge in [-0.05, 0) is 42.0 Å². The lowest BCUT2D eigenvalue weighted by Crippen LogP contribution is -2.11. The van der Waals surface area contributed by atoms with Crippen molar-refractivity contribution in [1.82, 2.24) is 25.3 Å². The van der Waals surface area contributed by atoms with Crippen molar-refractivity contribution in [2.24, 2.45) is 0 Å². The van der Waals surface area contributed by atoms with Crippen LogP contribution in [0.25, 0.3) is 16.8 Å². The van der Waals surface area contributed by atoms with E-state index in [9.17, 15) is 9.18 Å². The van der Waals surface area contributed by atoms with Crippen molar-refractivity contribution in [1.29, 1.82) is 5.41 Å². The second kappa shape index (κ2) is 9.07. The molecule has 0 bridgehead atoms. The number of rotatable bonds is 6. The number of aromatic nitrogens is 4. The average molecular weight is 507 g/mol. The fourth-order valence-electron chi connectivity index (χ4n) is 4.40. The molecule has 9 nitrogen and oxygen atoms in total. The number of nitrogens with zero attached hydrogens (tertiary/aromatic N) is 3. The van der Waals surface area contributed by atoms with Crippen LogP contribution < -0.4 is 16.4 Å². The minimum absolute atomic E-state index is 0.0191. The Kier molecular flexibility index (Phi) is 5.56. The Hall–Kier alpha value is -5.12. The van der Waals surface area contributed by atoms with Crippen molar-refractivity contribution in [2.45, 2.75) is 19.4 Å². The maximum absolute atomic E-state index is 14.0. The Balaban J connectivity index is 1.36. The summed E-state index contributed by atoms with van der Waals surface area (Å²) < 4.78 is 14.0. The number of benzene rings is 1. The normalized spacial score (nSPS) is 15.3. The maximum Gasteiger partial charge on any atom is 0.224 e. The standard InChI is InChI=1S/C28H23FN8O/c1-2-22(38)33-17-11-15(12-32-13-17)20-9-7-19(30)25(34-20)23(31)28-36-24-18(14-4-3-5-16(29)10-14)6-8-21-26(35-21)27(24)37-28/h3-13,26,31,35H,2,30H2,1H3,(H,33,38)(H,36,37). The minimum atomic E-state index is -0.338. The third kappa shape index (κ3) is 4.21. The molecule has 38 heavy (non-hydrogen) atoms. The van der Waals surface area contributed by atoms with E-state index in [1.807, 2.05) is 18.2 Å². The fraction of sp³-hybridized carbons (Fsp3) is 0.107. The van der Waals surface area contributed by atoms with E-state index in [4.69, 9.17) is 16.1 Å². The lowest BCUT2D eigenvalue weighted by molar-refractivity contribution is -0.115. The van der Waals surface area contributed by atoms with Gasteiger partial charge in [0, 0.05) is 29.5 Å². The molecular weight excluding hydrogens is 483 g/mol. The van der Waals surface area contributed by atoms with Gasteiger partial charge in [0.15, 0.2) is 5.82 Å². The number of nitrogens with one attached hydrogen (secondary N) is 4. The minimum Gasteiger partial charge on any atom is -0.397 e. The van der Waals surface area contributed by atoms with Crippen LogP contribution in [-0.2, 0) is 4.79 Å². The van der Waals surface area contributed by atoms with Gasteiger partial charge in [-0.2, -0.15) is 0 Å². The van der Waals surface area contributed by atoms with E-state index >= 15 is 0 Å². The number of carbonyl (C=O) groups is 1. The Morgan fingerprint density at radius 2 is 2.00 bits per heavy atom. The molecule has 6 N–H and O–H groups in total. The van der Waals surface area contributed by atoms with Crippen LogP contribution in [0.4, 0.5) is 15.8 Å². The molecule has 6 rings (SSSR count). The number of fused-ring (bicyclic) bond motifs is 3. The summed E-state index contributed by atoms with van der Waals surface area (Å²) in [7, 11) is 0. The SMILES string of the molecule is CCC(=O)Nc1cncc(-c2ccc(N)c(C(=N)c3nc4c([nH]3)C3NC3=CC=C4c3cccc(F)c3)n2)c1. The fourth-order valence-corrected chi connectivity index (χ4v) is 4.40. The maximum atomic E-state index is 14.0. The highest BCUT2D eigenvalue weighted by Crippen LogP contribution is 2.41. The van der Waals surface area contributed by atoms with E-state index in [1.54, 1.807) is 43.6 Å². The second-order valence-electron chi connectivity index (χ2n) is 9.01. The van der Waals surface area contributed by atoms with Gasteiger partial charge < -0.3 is 21.4 Å². The molecule has 0 spiro atoms. The van der Waals surface area contributed by atoms with Gasteiger partial charge in [-0.25, -0.2) is 14.4 Å². The van der Waals surface area contributed by atoms with Gasteiger partial charge in [-0.1, -0.05) is 25.1 Å². The molecule has 0 saturated carbocycles. The molecule has 1 aromatic carbocycles. The Morgan fingerprint density at radius 3 is 2.82 bits per heavy atom. The summed E-state index contributed by atoms with van der Waals surface area (Å²) in [4.78, 5) is 28.7. The monoisotopic (exact) mass is 506 g/mol. The summed E-state index contributed by atoms with van der Waals surface area (Å²) in [6.07, 6.45) is 7.40. The number of allylic oxidation sites excluding steroid dienone is 2. The van der Waals surface area contributed by atoms with E-state index in [1.165, 1.54) is 12.1 Å². The smallest absolute Gasteiger partial charge is 0.224 e. The molecule has 1 unspecified atom stereocenters. The number of hydrogen-bond donors (Lipinski definition) is 5. The zero-order valence-electron chi connectivity index (χ0n) is 20.3. The quantitative estimate of drug-likeness (QED) is 0.194. The molecular formula is C28H23FN8O. The first-order chi connectivity index (χ1) is 18.4. The first kappa shape index (κ1) is 23.3. The average Bonchev–Trinajstić information content (AvgIpc) is 3.59. The molecule has 3 aromatic heterocycles. The van der Waals surface area contributed by atoms with Crippen LogP contribution in [0.15, 0.2) is 72.7 Å². The highest BCUT2D eigenvalue weighted by atomic mass is 19.1. The largest absolute Gasteiger partial charge is 0.397 e. The van der Waals surface area contributed by atoms with Crippen LogP contribution >= 0.6 is 0 Å². The number of nitrogens with two attached hydrogens (primary N) is 1. The number of halogens is 1. The predicted molar refractivity (Wildman–Crippen MR) is 143 cm³/mol. The second-order valence-corrected chi connectivity index (χ2v) is 9.01. The highest BCUT2D eigenvalue weighted by molar-refractivity contribution is 6.11. The van der Waals surface area contributed by atoms with Gasteiger partial charge in [-0.3, -0.25) is 15.2 Å². The topological polar surface area (TPSA) is 155 Å². The number of hydrogen-bond acceptors (Lipinski definition) is 7. The number of imidazole rings is 1. The molecule has 4 heterocycles. The van der Waals surface area contributed by atoms with Gasteiger partial charge in [-0.15, -0.1) is 0 Å². The lowest BCUT2D eigenvalue weighted by Gasteiger charge is -2.09. The van der Waals surface area contributed by atoms with E-state index < -0.39 is 0 Å². The van der Waals surface area contributed by atoms with Crippen molar-refractivity contribution < 1.29 is 9.18 Å². The van der Waals surface area contributed by atoms with Crippen LogP contribution in [0, 0.1) is 11.2 Å². The third-order valence-corrected chi connectivity index (χ3v) is 6.42. The Bertz CT molecular complexity index is 1690. The van der Waals surface area contributed by atoms with E-state index in [0.717, 1.165) is 17.0 Å². The van der Waals surface area contributed by atoms with Gasteiger partial charge in [0.25, 0.3) is 0 Å². The number of anilines is 2. The van der Waals surface area contributed by atoms with Crippen molar-refractivity contribution in [2.75, 3.05) is 11.1 Å². The number of carbonyl (C=O) groups excluding carboxylic acids is 1. The van der Waals surface area contributed by atoms with Crippen molar-refractivity contribution >= 4 is 28.6 Å². The van der Waals surface area contributed by atoms with Crippen LogP contribution in [-0.4, -0.2) is 31.6 Å². The molecule has 10 heteroatoms. The van der Waals surface area contributed by atoms with Crippen LogP contribution in [0.3, 0.4) is 0 Å². The molecule has 2 aliphatic rings. The molecule has 188 valence electrons. The van der Waals surface area contributed by atoms with Crippen molar-refractivity contribution in [3.05, 3.63) is 107 Å². The first-order valence-corrected chi connectivity index (χ1v) is 12.1. The third-order valence-electron chi connectivity index (χ3n) is 6.42. The Labute approximate surface area is 217 Å². The number of H-pyrrole nitrogens is 1. The summed E-state index contributed by atoms with van der Waals surface area (Å²) in [6.45, 7) is 1.77. The van der Waals surface area contributed by atoms with E-state index in [0.29, 0.717) is 46.1 Å². The van der Waals surface area contributed by atoms with E-state index in [-0.39, 0.29) is 29.2 Å². The molecule has 1 aliphatic heterocycles. The zero-order chi connectivity index (χ0) is 26.4. The zero-order valence-corrected chi connectivity index (χ0v) is 20.3. The first-order valence-electron chi connectivity index (χ1n) is 12.1. The summed E-state index contributed by atoms with van der Waals surface area (Å²) in [5.41, 5.74) is 12.5. The van der Waals surface area contributed by atoms with Gasteiger partial charge in [0.05, 0.1) is 34.7 Å². The van der Waals surface area contributed by atoms with Gasteiger partial charge in [0.1, 0.15) is 23.3 Å². The molecule has 0 radical (unpaired) electrons. The molecule has 4 aromatic rings. The lowest BCUT2D eigenvalue weighted by atomic mass is 10.0. The van der Waals surface area contributed by atoms with Gasteiger partial charge >= 0.3 is 0 Å². The molecule has 1 saturated heterocycles. The van der Waals surface area contributed by atoms with Crippen molar-refractivity contribution in [3.8, 4) is 11.3 Å². The van der Waals surface area contributed by atoms with Crippen molar-refractivity contribution in [3.63, 3.8) is 0 Å².